The summed E-state index contributed by atoms with van der Waals surface area (Å²) in [6.45, 7) is 0. The molecule has 0 saturated carbocycles. The van der Waals surface area contributed by atoms with Crippen LogP contribution in [0.15, 0.2) is 30.6 Å². The van der Waals surface area contributed by atoms with Gasteiger partial charge in [-0.15, -0.1) is 0 Å². The molecule has 6 heteroatoms. The fourth-order valence-corrected chi connectivity index (χ4v) is 1.62. The summed E-state index contributed by atoms with van der Waals surface area (Å²) in [5.74, 6) is -0.835. The average Bonchev–Trinajstić information content (AvgIpc) is 2.76. The Labute approximate surface area is 102 Å². The Kier molecular flexibility index (Phi) is 3.39. The van der Waals surface area contributed by atoms with E-state index in [1.165, 1.54) is 24.5 Å². The smallest absolute Gasteiger partial charge is 0.229 e. The third kappa shape index (κ3) is 2.82. The van der Waals surface area contributed by atoms with E-state index in [9.17, 15) is 9.18 Å². The number of aromatic amines is 1. The standard InChI is InChI=1S/C11H9ClFN3O/c12-9-2-1-3-10(13)8(9)4-11(17)16-7-5-14-15-6-7/h1-3,5-6H,4H2,(H,14,15)(H,16,17). The Morgan fingerprint density at radius 1 is 1.53 bits per heavy atom. The molecule has 2 rings (SSSR count). The van der Waals surface area contributed by atoms with Gasteiger partial charge in [-0.05, 0) is 12.1 Å². The van der Waals surface area contributed by atoms with Gasteiger partial charge in [0.2, 0.25) is 5.91 Å². The van der Waals surface area contributed by atoms with Crippen LogP contribution in [0, 0.1) is 5.82 Å². The molecule has 1 aromatic heterocycles. The lowest BCUT2D eigenvalue weighted by Crippen LogP contribution is -2.15. The lowest BCUT2D eigenvalue weighted by Gasteiger charge is -2.05. The second-order valence-electron chi connectivity index (χ2n) is 3.41. The van der Waals surface area contributed by atoms with Gasteiger partial charge in [0, 0.05) is 16.8 Å². The van der Waals surface area contributed by atoms with Crippen molar-refractivity contribution in [3.8, 4) is 0 Å². The maximum atomic E-state index is 13.4. The zero-order chi connectivity index (χ0) is 12.3. The molecule has 88 valence electrons. The highest BCUT2D eigenvalue weighted by atomic mass is 35.5. The van der Waals surface area contributed by atoms with Crippen LogP contribution < -0.4 is 5.32 Å². The SMILES string of the molecule is O=C(Cc1c(F)cccc1Cl)Nc1cn[nH]c1. The molecule has 0 aliphatic heterocycles. The van der Waals surface area contributed by atoms with E-state index in [2.05, 4.69) is 15.5 Å². The Balaban J connectivity index is 2.08. The van der Waals surface area contributed by atoms with Crippen LogP contribution in [0.4, 0.5) is 10.1 Å². The summed E-state index contributed by atoms with van der Waals surface area (Å²) >= 11 is 5.82. The Morgan fingerprint density at radius 2 is 2.35 bits per heavy atom. The van der Waals surface area contributed by atoms with E-state index in [1.807, 2.05) is 0 Å². The first kappa shape index (κ1) is 11.6. The third-order valence-corrected chi connectivity index (χ3v) is 2.54. The van der Waals surface area contributed by atoms with Crippen LogP contribution in [0.5, 0.6) is 0 Å². The van der Waals surface area contributed by atoms with Crippen molar-refractivity contribution in [3.63, 3.8) is 0 Å². The first-order chi connectivity index (χ1) is 8.16. The lowest BCUT2D eigenvalue weighted by atomic mass is 10.1. The molecule has 0 saturated heterocycles. The summed E-state index contributed by atoms with van der Waals surface area (Å²) in [6, 6.07) is 4.31. The first-order valence-electron chi connectivity index (χ1n) is 4.88. The van der Waals surface area contributed by atoms with Crippen LogP contribution >= 0.6 is 11.6 Å². The minimum absolute atomic E-state index is 0.114. The van der Waals surface area contributed by atoms with Gasteiger partial charge in [0.1, 0.15) is 5.82 Å². The number of rotatable bonds is 3. The number of hydrogen-bond donors (Lipinski definition) is 2. The van der Waals surface area contributed by atoms with E-state index in [0.717, 1.165) is 0 Å². The maximum absolute atomic E-state index is 13.4. The van der Waals surface area contributed by atoms with E-state index in [4.69, 9.17) is 11.6 Å². The Hall–Kier alpha value is -1.88. The molecule has 17 heavy (non-hydrogen) atoms. The van der Waals surface area contributed by atoms with Gasteiger partial charge in [0.25, 0.3) is 0 Å². The highest BCUT2D eigenvalue weighted by molar-refractivity contribution is 6.31. The van der Waals surface area contributed by atoms with Crippen LogP contribution in [0.2, 0.25) is 5.02 Å². The number of amides is 1. The lowest BCUT2D eigenvalue weighted by molar-refractivity contribution is -0.115. The molecular weight excluding hydrogens is 245 g/mol. The molecule has 2 N–H and O–H groups in total. The monoisotopic (exact) mass is 253 g/mol. The van der Waals surface area contributed by atoms with Gasteiger partial charge >= 0.3 is 0 Å². The fourth-order valence-electron chi connectivity index (χ4n) is 1.39. The quantitative estimate of drug-likeness (QED) is 0.882. The summed E-state index contributed by atoms with van der Waals surface area (Å²) in [4.78, 5) is 11.6. The summed E-state index contributed by atoms with van der Waals surface area (Å²) in [5.41, 5.74) is 0.720. The molecule has 1 amide bonds. The van der Waals surface area contributed by atoms with Gasteiger partial charge in [-0.2, -0.15) is 5.10 Å². The van der Waals surface area contributed by atoms with Gasteiger partial charge in [0.15, 0.2) is 0 Å². The van der Waals surface area contributed by atoms with Crippen LogP contribution in [-0.2, 0) is 11.2 Å². The summed E-state index contributed by atoms with van der Waals surface area (Å²) in [6.07, 6.45) is 2.87. The number of nitrogens with zero attached hydrogens (tertiary/aromatic N) is 1. The van der Waals surface area contributed by atoms with Crippen molar-refractivity contribution in [2.45, 2.75) is 6.42 Å². The van der Waals surface area contributed by atoms with Crippen molar-refractivity contribution in [3.05, 3.63) is 47.0 Å². The number of anilines is 1. The predicted octanol–water partition coefficient (Wildman–Crippen LogP) is 2.38. The second-order valence-corrected chi connectivity index (χ2v) is 3.82. The predicted molar refractivity (Wildman–Crippen MR) is 62.3 cm³/mol. The number of hydrogen-bond acceptors (Lipinski definition) is 2. The van der Waals surface area contributed by atoms with Gasteiger partial charge in [-0.25, -0.2) is 4.39 Å². The molecule has 0 bridgehead atoms. The first-order valence-corrected chi connectivity index (χ1v) is 5.26. The molecule has 0 aliphatic carbocycles. The maximum Gasteiger partial charge on any atom is 0.229 e. The number of aromatic nitrogens is 2. The molecule has 0 fully saturated rings. The van der Waals surface area contributed by atoms with Crippen molar-refractivity contribution in [1.29, 1.82) is 0 Å². The van der Waals surface area contributed by atoms with Crippen LogP contribution in [-0.4, -0.2) is 16.1 Å². The molecular formula is C11H9ClFN3O. The van der Waals surface area contributed by atoms with Gasteiger partial charge < -0.3 is 5.32 Å². The highest BCUT2D eigenvalue weighted by Crippen LogP contribution is 2.19. The summed E-state index contributed by atoms with van der Waals surface area (Å²) < 4.78 is 13.4. The van der Waals surface area contributed by atoms with Crippen molar-refractivity contribution in [2.24, 2.45) is 0 Å². The molecule has 4 nitrogen and oxygen atoms in total. The second kappa shape index (κ2) is 4.97. The highest BCUT2D eigenvalue weighted by Gasteiger charge is 2.12. The van der Waals surface area contributed by atoms with Crippen molar-refractivity contribution in [2.75, 3.05) is 5.32 Å². The van der Waals surface area contributed by atoms with Crippen molar-refractivity contribution < 1.29 is 9.18 Å². The van der Waals surface area contributed by atoms with Crippen molar-refractivity contribution >= 4 is 23.2 Å². The largest absolute Gasteiger partial charge is 0.323 e. The minimum atomic E-state index is -0.486. The number of carbonyl (C=O) groups is 1. The van der Waals surface area contributed by atoms with E-state index in [1.54, 1.807) is 6.07 Å². The fraction of sp³-hybridized carbons (Fsp3) is 0.0909. The molecule has 0 spiro atoms. The zero-order valence-corrected chi connectivity index (χ0v) is 9.46. The van der Waals surface area contributed by atoms with Crippen LogP contribution in [0.3, 0.4) is 0 Å². The van der Waals surface area contributed by atoms with E-state index < -0.39 is 5.82 Å². The van der Waals surface area contributed by atoms with Gasteiger partial charge in [-0.3, -0.25) is 9.89 Å². The van der Waals surface area contributed by atoms with Gasteiger partial charge in [0.05, 0.1) is 18.3 Å². The molecule has 0 atom stereocenters. The topological polar surface area (TPSA) is 57.8 Å². The van der Waals surface area contributed by atoms with Gasteiger partial charge in [-0.1, -0.05) is 17.7 Å². The minimum Gasteiger partial charge on any atom is -0.323 e. The van der Waals surface area contributed by atoms with E-state index in [0.29, 0.717) is 5.69 Å². The molecule has 2 aromatic rings. The molecule has 1 aromatic carbocycles. The molecule has 1 heterocycles. The van der Waals surface area contributed by atoms with E-state index >= 15 is 0 Å². The number of benzene rings is 1. The molecule has 0 unspecified atom stereocenters. The number of nitrogens with one attached hydrogen (secondary N) is 2. The van der Waals surface area contributed by atoms with Crippen LogP contribution in [0.25, 0.3) is 0 Å². The molecule has 0 radical (unpaired) electrons. The normalized spacial score (nSPS) is 10.2. The average molecular weight is 254 g/mol. The number of halogens is 2. The number of H-pyrrole nitrogens is 1. The number of carbonyl (C=O) groups excluding carboxylic acids is 1. The third-order valence-electron chi connectivity index (χ3n) is 2.18. The summed E-state index contributed by atoms with van der Waals surface area (Å²) in [7, 11) is 0. The molecule has 0 aliphatic rings. The summed E-state index contributed by atoms with van der Waals surface area (Å²) in [5, 5.41) is 9.04. The Morgan fingerprint density at radius 3 is 3.00 bits per heavy atom. The van der Waals surface area contributed by atoms with E-state index in [-0.39, 0.29) is 22.9 Å². The van der Waals surface area contributed by atoms with Crippen LogP contribution in [0.1, 0.15) is 5.56 Å². The zero-order valence-electron chi connectivity index (χ0n) is 8.71. The Bertz CT molecular complexity index is 507. The van der Waals surface area contributed by atoms with Crippen molar-refractivity contribution in [1.82, 2.24) is 10.2 Å².